The first-order valence-corrected chi connectivity index (χ1v) is 6.31. The van der Waals surface area contributed by atoms with Gasteiger partial charge in [-0.05, 0) is 45.6 Å². The largest absolute Gasteiger partial charge is 0.342 e. The molecule has 96 valence electrons. The number of rotatable bonds is 4. The monoisotopic (exact) mass is 245 g/mol. The molecule has 1 aliphatic rings. The molecule has 4 nitrogen and oxygen atoms in total. The summed E-state index contributed by atoms with van der Waals surface area (Å²) in [5.41, 5.74) is 1.93. The van der Waals surface area contributed by atoms with E-state index in [4.69, 9.17) is 0 Å². The first-order chi connectivity index (χ1) is 8.56. The molecule has 1 N–H and O–H groups in total. The van der Waals surface area contributed by atoms with E-state index < -0.39 is 0 Å². The predicted molar refractivity (Wildman–Crippen MR) is 69.8 cm³/mol. The number of aryl methyl sites for hydroxylation is 1. The fourth-order valence-corrected chi connectivity index (χ4v) is 1.90. The van der Waals surface area contributed by atoms with Gasteiger partial charge in [-0.3, -0.25) is 4.79 Å². The fraction of sp³-hybridized carbons (Fsp3) is 0.500. The molecule has 1 heterocycles. The molecule has 0 radical (unpaired) electrons. The Balaban J connectivity index is 2.14. The molecule has 1 aliphatic carbocycles. The number of aromatic nitrogens is 2. The summed E-state index contributed by atoms with van der Waals surface area (Å²) < 4.78 is 0. The van der Waals surface area contributed by atoms with Crippen molar-refractivity contribution < 1.29 is 4.79 Å². The molecule has 2 rings (SSSR count). The molecule has 18 heavy (non-hydrogen) atoms. The summed E-state index contributed by atoms with van der Waals surface area (Å²) in [5, 5.41) is 3.01. The van der Waals surface area contributed by atoms with Crippen molar-refractivity contribution in [3.05, 3.63) is 35.4 Å². The van der Waals surface area contributed by atoms with E-state index in [2.05, 4.69) is 15.3 Å². The molecule has 0 aromatic carbocycles. The van der Waals surface area contributed by atoms with Crippen molar-refractivity contribution in [2.24, 2.45) is 5.92 Å². The number of nitrogens with one attached hydrogen (secondary N) is 1. The van der Waals surface area contributed by atoms with Crippen LogP contribution in [0.25, 0.3) is 0 Å². The van der Waals surface area contributed by atoms with E-state index >= 15 is 0 Å². The van der Waals surface area contributed by atoms with E-state index in [1.54, 1.807) is 12.3 Å². The lowest BCUT2D eigenvalue weighted by Gasteiger charge is -2.16. The molecular formula is C14H19N3O. The maximum absolute atomic E-state index is 11.8. The van der Waals surface area contributed by atoms with Crippen molar-refractivity contribution in [3.63, 3.8) is 0 Å². The quantitative estimate of drug-likeness (QED) is 0.828. The zero-order chi connectivity index (χ0) is 13.1. The highest BCUT2D eigenvalue weighted by atomic mass is 16.1. The van der Waals surface area contributed by atoms with E-state index in [1.165, 1.54) is 0 Å². The maximum atomic E-state index is 11.8. The number of nitrogens with zero attached hydrogens (tertiary/aromatic N) is 2. The molecular weight excluding hydrogens is 226 g/mol. The molecule has 1 saturated carbocycles. The van der Waals surface area contributed by atoms with Gasteiger partial charge in [0.15, 0.2) is 5.82 Å². The average molecular weight is 245 g/mol. The van der Waals surface area contributed by atoms with Gasteiger partial charge in [-0.1, -0.05) is 5.57 Å². The molecule has 1 unspecified atom stereocenters. The number of carbonyl (C=O) groups is 1. The van der Waals surface area contributed by atoms with Crippen molar-refractivity contribution in [1.29, 1.82) is 0 Å². The lowest BCUT2D eigenvalue weighted by atomic mass is 10.1. The highest BCUT2D eigenvalue weighted by molar-refractivity contribution is 5.88. The number of amides is 1. The van der Waals surface area contributed by atoms with E-state index in [1.807, 2.05) is 26.8 Å². The van der Waals surface area contributed by atoms with Gasteiger partial charge in [0.1, 0.15) is 0 Å². The third kappa shape index (κ3) is 3.39. The Kier molecular flexibility index (Phi) is 3.75. The number of carbonyl (C=O) groups excluding carboxylic acids is 1. The number of hydrogen-bond acceptors (Lipinski definition) is 3. The summed E-state index contributed by atoms with van der Waals surface area (Å²) in [6.07, 6.45) is 5.64. The summed E-state index contributed by atoms with van der Waals surface area (Å²) in [7, 11) is 0. The van der Waals surface area contributed by atoms with Gasteiger partial charge in [-0.15, -0.1) is 0 Å². The Morgan fingerprint density at radius 3 is 2.78 bits per heavy atom. The topological polar surface area (TPSA) is 54.9 Å². The molecule has 1 aromatic rings. The summed E-state index contributed by atoms with van der Waals surface area (Å²) in [5.74, 6) is 1.16. The zero-order valence-electron chi connectivity index (χ0n) is 11.1. The van der Waals surface area contributed by atoms with Crippen LogP contribution in [0.2, 0.25) is 0 Å². The van der Waals surface area contributed by atoms with Gasteiger partial charge >= 0.3 is 0 Å². The normalized spacial score (nSPS) is 15.9. The molecule has 1 atom stereocenters. The van der Waals surface area contributed by atoms with Crippen molar-refractivity contribution >= 4 is 5.91 Å². The van der Waals surface area contributed by atoms with Crippen LogP contribution < -0.4 is 5.32 Å². The van der Waals surface area contributed by atoms with Gasteiger partial charge < -0.3 is 5.32 Å². The Morgan fingerprint density at radius 1 is 1.50 bits per heavy atom. The van der Waals surface area contributed by atoms with Gasteiger partial charge in [-0.25, -0.2) is 9.97 Å². The number of allylic oxidation sites excluding steroid dienone is 1. The van der Waals surface area contributed by atoms with Gasteiger partial charge in [0.05, 0.1) is 6.04 Å². The third-order valence-electron chi connectivity index (χ3n) is 2.90. The smallest absolute Gasteiger partial charge is 0.244 e. The minimum absolute atomic E-state index is 0.0481. The molecule has 4 heteroatoms. The van der Waals surface area contributed by atoms with E-state index in [0.717, 1.165) is 29.9 Å². The van der Waals surface area contributed by atoms with Crippen LogP contribution in [-0.2, 0) is 4.79 Å². The Labute approximate surface area is 108 Å². The van der Waals surface area contributed by atoms with Gasteiger partial charge in [0.2, 0.25) is 5.91 Å². The van der Waals surface area contributed by atoms with Gasteiger partial charge in [-0.2, -0.15) is 0 Å². The van der Waals surface area contributed by atoms with Crippen LogP contribution in [0.3, 0.4) is 0 Å². The summed E-state index contributed by atoms with van der Waals surface area (Å²) in [4.78, 5) is 20.5. The molecule has 0 saturated heterocycles. The second-order valence-corrected chi connectivity index (χ2v) is 5.10. The van der Waals surface area contributed by atoms with Crippen molar-refractivity contribution in [2.45, 2.75) is 39.7 Å². The highest BCUT2D eigenvalue weighted by Gasteiger charge is 2.34. The first kappa shape index (κ1) is 12.7. The molecule has 1 amide bonds. The second kappa shape index (κ2) is 5.29. The summed E-state index contributed by atoms with van der Waals surface area (Å²) >= 11 is 0. The lowest BCUT2D eigenvalue weighted by Crippen LogP contribution is -2.30. The lowest BCUT2D eigenvalue weighted by molar-refractivity contribution is -0.117. The third-order valence-corrected chi connectivity index (χ3v) is 2.90. The van der Waals surface area contributed by atoms with Crippen molar-refractivity contribution in [3.8, 4) is 0 Å². The Hall–Kier alpha value is -1.71. The van der Waals surface area contributed by atoms with Crippen LogP contribution in [0.1, 0.15) is 44.2 Å². The van der Waals surface area contributed by atoms with Crippen LogP contribution in [0.5, 0.6) is 0 Å². The average Bonchev–Trinajstić information content (AvgIpc) is 3.08. The SMILES string of the molecule is CC(C)=CC(=O)NC(c1nccc(C)n1)C1CC1. The van der Waals surface area contributed by atoms with Crippen LogP contribution in [-0.4, -0.2) is 15.9 Å². The molecule has 1 fully saturated rings. The fourth-order valence-electron chi connectivity index (χ4n) is 1.90. The van der Waals surface area contributed by atoms with Crippen LogP contribution in [0, 0.1) is 12.8 Å². The summed E-state index contributed by atoms with van der Waals surface area (Å²) in [6, 6.07) is 1.82. The first-order valence-electron chi connectivity index (χ1n) is 6.31. The van der Waals surface area contributed by atoms with Gasteiger partial charge in [0.25, 0.3) is 0 Å². The highest BCUT2D eigenvalue weighted by Crippen LogP contribution is 2.39. The minimum Gasteiger partial charge on any atom is -0.342 e. The standard InChI is InChI=1S/C14H19N3O/c1-9(2)8-12(18)17-13(11-4-5-11)14-15-7-6-10(3)16-14/h6-8,11,13H,4-5H2,1-3H3,(H,17,18). The molecule has 0 spiro atoms. The van der Waals surface area contributed by atoms with E-state index in [9.17, 15) is 4.79 Å². The predicted octanol–water partition coefficient (Wildman–Crippen LogP) is 2.32. The van der Waals surface area contributed by atoms with Crippen LogP contribution in [0.15, 0.2) is 23.9 Å². The molecule has 0 aliphatic heterocycles. The van der Waals surface area contributed by atoms with Crippen molar-refractivity contribution in [1.82, 2.24) is 15.3 Å². The Morgan fingerprint density at radius 2 is 2.22 bits per heavy atom. The van der Waals surface area contributed by atoms with Crippen LogP contribution >= 0.6 is 0 Å². The second-order valence-electron chi connectivity index (χ2n) is 5.10. The maximum Gasteiger partial charge on any atom is 0.244 e. The van der Waals surface area contributed by atoms with Crippen molar-refractivity contribution in [2.75, 3.05) is 0 Å². The van der Waals surface area contributed by atoms with Gasteiger partial charge in [0, 0.05) is 18.0 Å². The number of hydrogen-bond donors (Lipinski definition) is 1. The summed E-state index contributed by atoms with van der Waals surface area (Å²) in [6.45, 7) is 5.76. The van der Waals surface area contributed by atoms with Crippen LogP contribution in [0.4, 0.5) is 0 Å². The van der Waals surface area contributed by atoms with E-state index in [-0.39, 0.29) is 11.9 Å². The molecule has 1 aromatic heterocycles. The zero-order valence-corrected chi connectivity index (χ0v) is 11.1. The minimum atomic E-state index is -0.0583. The molecule has 0 bridgehead atoms. The van der Waals surface area contributed by atoms with E-state index in [0.29, 0.717) is 5.92 Å². The Bertz CT molecular complexity index is 474.